The lowest BCUT2D eigenvalue weighted by atomic mass is 9.71. The lowest BCUT2D eigenvalue weighted by Gasteiger charge is -2.50. The first-order valence-corrected chi connectivity index (χ1v) is 13.4. The molecule has 0 radical (unpaired) electrons. The van der Waals surface area contributed by atoms with Crippen LogP contribution in [0.5, 0.6) is 17.2 Å². The third kappa shape index (κ3) is 5.68. The average Bonchev–Trinajstić information content (AvgIpc) is 3.53. The molecular formula is C28H30N4O6S. The fourth-order valence-corrected chi connectivity index (χ4v) is 5.56. The summed E-state index contributed by atoms with van der Waals surface area (Å²) in [5.74, 6) is -0.258. The number of para-hydroxylation sites is 1. The van der Waals surface area contributed by atoms with Gasteiger partial charge in [0.25, 0.3) is 5.91 Å². The first kappa shape index (κ1) is 26.5. The van der Waals surface area contributed by atoms with Gasteiger partial charge in [-0.15, -0.1) is 11.3 Å². The number of nitrogens with zero attached hydrogens (tertiary/aromatic N) is 3. The molecule has 204 valence electrons. The molecule has 2 saturated heterocycles. The molecule has 2 aliphatic heterocycles. The Kier molecular flexibility index (Phi) is 6.94. The number of phenolic OH excluding ortho intramolecular Hbond substituents is 1. The van der Waals surface area contributed by atoms with Crippen LogP contribution in [0.4, 0.5) is 10.5 Å². The molecular weight excluding hydrogens is 520 g/mol. The predicted octanol–water partition coefficient (Wildman–Crippen LogP) is 4.59. The van der Waals surface area contributed by atoms with Gasteiger partial charge in [0.1, 0.15) is 27.7 Å². The zero-order chi connectivity index (χ0) is 27.8. The van der Waals surface area contributed by atoms with E-state index in [0.717, 1.165) is 0 Å². The van der Waals surface area contributed by atoms with Crippen LogP contribution in [-0.4, -0.2) is 69.6 Å². The Labute approximate surface area is 230 Å². The summed E-state index contributed by atoms with van der Waals surface area (Å²) in [6, 6.07) is 13.8. The Hall–Kier alpha value is -4.12. The fourth-order valence-electron chi connectivity index (χ4n) is 4.98. The van der Waals surface area contributed by atoms with E-state index in [9.17, 15) is 19.5 Å². The normalized spacial score (nSPS) is 18.0. The van der Waals surface area contributed by atoms with Crippen molar-refractivity contribution >= 4 is 34.9 Å². The SMILES string of the molecule is CC(C)(C)OC(=O)N1CC2(C1)CN(C(=O)c1cncs1)CC2C(=O)Nc1ccc(Oc2ccccc2)cc1O. The maximum absolute atomic E-state index is 13.6. The van der Waals surface area contributed by atoms with Gasteiger partial charge in [-0.1, -0.05) is 18.2 Å². The molecule has 11 heteroatoms. The third-order valence-corrected chi connectivity index (χ3v) is 7.52. The highest BCUT2D eigenvalue weighted by Gasteiger charge is 2.59. The van der Waals surface area contributed by atoms with Gasteiger partial charge in [-0.05, 0) is 45.0 Å². The Morgan fingerprint density at radius 2 is 1.77 bits per heavy atom. The Morgan fingerprint density at radius 3 is 2.41 bits per heavy atom. The van der Waals surface area contributed by atoms with Crippen molar-refractivity contribution in [3.05, 3.63) is 65.1 Å². The minimum Gasteiger partial charge on any atom is -0.506 e. The second-order valence-electron chi connectivity index (χ2n) is 10.9. The maximum atomic E-state index is 13.6. The number of amides is 3. The lowest BCUT2D eigenvalue weighted by Crippen LogP contribution is -2.64. The van der Waals surface area contributed by atoms with Crippen LogP contribution in [0.25, 0.3) is 0 Å². The summed E-state index contributed by atoms with van der Waals surface area (Å²) in [6.07, 6.45) is 1.06. The van der Waals surface area contributed by atoms with E-state index < -0.39 is 23.0 Å². The first-order chi connectivity index (χ1) is 18.5. The molecule has 10 nitrogen and oxygen atoms in total. The van der Waals surface area contributed by atoms with Crippen molar-refractivity contribution in [2.24, 2.45) is 11.3 Å². The molecule has 3 amide bonds. The number of carbonyl (C=O) groups excluding carboxylic acids is 3. The average molecular weight is 551 g/mol. The molecule has 1 atom stereocenters. The van der Waals surface area contributed by atoms with E-state index in [4.69, 9.17) is 9.47 Å². The molecule has 0 aliphatic carbocycles. The molecule has 3 aromatic rings. The number of rotatable bonds is 5. The standard InChI is InChI=1S/C28H30N4O6S/c1-27(2,3)38-26(36)32-15-28(16-32)14-31(25(35)23-12-29-17-39-23)13-20(28)24(34)30-21-10-9-19(11-22(21)33)37-18-7-5-4-6-8-18/h4-12,17,20,33H,13-16H2,1-3H3,(H,30,34). The van der Waals surface area contributed by atoms with Gasteiger partial charge in [0.05, 0.1) is 23.3 Å². The Bertz CT molecular complexity index is 1370. The highest BCUT2D eigenvalue weighted by Crippen LogP contribution is 2.46. The van der Waals surface area contributed by atoms with Crippen molar-refractivity contribution in [2.45, 2.75) is 26.4 Å². The van der Waals surface area contributed by atoms with Gasteiger partial charge in [0.15, 0.2) is 0 Å². The molecule has 1 unspecified atom stereocenters. The van der Waals surface area contributed by atoms with E-state index in [-0.39, 0.29) is 42.9 Å². The number of aromatic nitrogens is 1. The molecule has 0 bridgehead atoms. The second-order valence-corrected chi connectivity index (χ2v) is 11.8. The van der Waals surface area contributed by atoms with Gasteiger partial charge in [-0.2, -0.15) is 0 Å². The van der Waals surface area contributed by atoms with E-state index in [1.807, 2.05) is 18.2 Å². The molecule has 39 heavy (non-hydrogen) atoms. The molecule has 1 aromatic heterocycles. The van der Waals surface area contributed by atoms with Crippen molar-refractivity contribution in [2.75, 3.05) is 31.5 Å². The van der Waals surface area contributed by atoms with Crippen molar-refractivity contribution < 1.29 is 29.0 Å². The van der Waals surface area contributed by atoms with Crippen LogP contribution in [0.15, 0.2) is 60.2 Å². The zero-order valence-electron chi connectivity index (χ0n) is 21.9. The first-order valence-electron chi connectivity index (χ1n) is 12.6. The molecule has 1 spiro atoms. The molecule has 2 aliphatic rings. The Morgan fingerprint density at radius 1 is 1.05 bits per heavy atom. The number of anilines is 1. The highest BCUT2D eigenvalue weighted by atomic mass is 32.1. The van der Waals surface area contributed by atoms with Crippen LogP contribution in [0.1, 0.15) is 30.4 Å². The number of ether oxygens (including phenoxy) is 2. The number of hydrogen-bond acceptors (Lipinski definition) is 8. The van der Waals surface area contributed by atoms with Crippen LogP contribution < -0.4 is 10.1 Å². The maximum Gasteiger partial charge on any atom is 0.410 e. The van der Waals surface area contributed by atoms with Crippen LogP contribution >= 0.6 is 11.3 Å². The highest BCUT2D eigenvalue weighted by molar-refractivity contribution is 7.11. The summed E-state index contributed by atoms with van der Waals surface area (Å²) in [7, 11) is 0. The van der Waals surface area contributed by atoms with Gasteiger partial charge in [-0.3, -0.25) is 14.6 Å². The molecule has 5 rings (SSSR count). The summed E-state index contributed by atoms with van der Waals surface area (Å²) in [5.41, 5.74) is 0.540. The number of likely N-dealkylation sites (tertiary alicyclic amines) is 2. The van der Waals surface area contributed by atoms with Gasteiger partial charge < -0.3 is 29.7 Å². The van der Waals surface area contributed by atoms with Crippen LogP contribution in [0.3, 0.4) is 0 Å². The quantitative estimate of drug-likeness (QED) is 0.446. The van der Waals surface area contributed by atoms with Gasteiger partial charge in [-0.25, -0.2) is 4.79 Å². The smallest absolute Gasteiger partial charge is 0.410 e. The number of thiazole rings is 1. The van der Waals surface area contributed by atoms with Gasteiger partial charge in [0.2, 0.25) is 5.91 Å². The van der Waals surface area contributed by atoms with Crippen molar-refractivity contribution in [3.8, 4) is 17.2 Å². The van der Waals surface area contributed by atoms with E-state index >= 15 is 0 Å². The largest absolute Gasteiger partial charge is 0.506 e. The third-order valence-electron chi connectivity index (χ3n) is 6.76. The topological polar surface area (TPSA) is 121 Å². The summed E-state index contributed by atoms with van der Waals surface area (Å²) in [6.45, 7) is 6.45. The van der Waals surface area contributed by atoms with Crippen LogP contribution in [0, 0.1) is 11.3 Å². The second kappa shape index (κ2) is 10.2. The van der Waals surface area contributed by atoms with Crippen molar-refractivity contribution in [1.82, 2.24) is 14.8 Å². The molecule has 2 fully saturated rings. The molecule has 2 N–H and O–H groups in total. The van der Waals surface area contributed by atoms with E-state index in [2.05, 4.69) is 10.3 Å². The van der Waals surface area contributed by atoms with E-state index in [1.54, 1.807) is 60.3 Å². The van der Waals surface area contributed by atoms with Crippen LogP contribution in [-0.2, 0) is 9.53 Å². The molecule has 0 saturated carbocycles. The summed E-state index contributed by atoms with van der Waals surface area (Å²) in [4.78, 5) is 47.0. The van der Waals surface area contributed by atoms with Gasteiger partial charge in [0, 0.05) is 37.7 Å². The molecule has 2 aromatic carbocycles. The lowest BCUT2D eigenvalue weighted by molar-refractivity contribution is -0.127. The van der Waals surface area contributed by atoms with Gasteiger partial charge >= 0.3 is 6.09 Å². The zero-order valence-corrected chi connectivity index (χ0v) is 22.7. The molecule has 3 heterocycles. The fraction of sp³-hybridized carbons (Fsp3) is 0.357. The van der Waals surface area contributed by atoms with Crippen molar-refractivity contribution in [1.29, 1.82) is 0 Å². The minimum atomic E-state index is -0.644. The number of hydrogen-bond donors (Lipinski definition) is 2. The predicted molar refractivity (Wildman–Crippen MR) is 145 cm³/mol. The summed E-state index contributed by atoms with van der Waals surface area (Å²) < 4.78 is 11.2. The summed E-state index contributed by atoms with van der Waals surface area (Å²) in [5, 5.41) is 13.4. The summed E-state index contributed by atoms with van der Waals surface area (Å²) >= 11 is 1.24. The number of carbonyl (C=O) groups is 3. The monoisotopic (exact) mass is 550 g/mol. The van der Waals surface area contributed by atoms with E-state index in [0.29, 0.717) is 22.9 Å². The number of aromatic hydroxyl groups is 1. The number of benzene rings is 2. The van der Waals surface area contributed by atoms with E-state index in [1.165, 1.54) is 23.6 Å². The van der Waals surface area contributed by atoms with Crippen LogP contribution in [0.2, 0.25) is 0 Å². The number of nitrogens with one attached hydrogen (secondary N) is 1. The number of phenols is 1. The van der Waals surface area contributed by atoms with Crippen molar-refractivity contribution in [3.63, 3.8) is 0 Å². The Balaban J connectivity index is 1.32. The minimum absolute atomic E-state index is 0.148.